The van der Waals surface area contributed by atoms with Crippen molar-refractivity contribution in [3.63, 3.8) is 0 Å². The summed E-state index contributed by atoms with van der Waals surface area (Å²) in [5, 5.41) is 4.06. The molecule has 2 bridgehead atoms. The number of pyridine rings is 1. The van der Waals surface area contributed by atoms with Crippen molar-refractivity contribution >= 4 is 33.9 Å². The molecule has 2 fully saturated rings. The molecule has 5 heterocycles. The maximum atomic E-state index is 13.7. The molecule has 13 heteroatoms. The van der Waals surface area contributed by atoms with Crippen LogP contribution in [-0.4, -0.2) is 74.8 Å². The number of rotatable bonds is 5. The molecule has 47 heavy (non-hydrogen) atoms. The largest absolute Gasteiger partial charge is 0.432 e. The maximum Gasteiger partial charge on any atom is 0.387 e. The van der Waals surface area contributed by atoms with E-state index < -0.39 is 6.61 Å². The number of hydrogen-bond acceptors (Lipinski definition) is 7. The van der Waals surface area contributed by atoms with Gasteiger partial charge >= 0.3 is 6.61 Å². The standard InChI is InChI=1S/C34H41F2N7O4/c1-18-24-9-8-20-15-26(43(30(20)39-24)11-6-4-5-7-19-13-22(19)32(44)38-18)31-40-25-14-21(16-28(47-34(35)36)29(25)41(31)2)33(45)42-12-10-27(46-3)23(37)17-42/h8-9,14-16,18-19,22-23,27,34H,4-7,10-13,17,37H2,1-3H3,(H,38,44)/t18-,19-,22-,23+,27-/m1/s1. The Labute approximate surface area is 271 Å². The number of aryl methyl sites for hydroxylation is 2. The second-order valence-corrected chi connectivity index (χ2v) is 13.2. The van der Waals surface area contributed by atoms with Gasteiger partial charge in [-0.15, -0.1) is 0 Å². The number of nitrogens with two attached hydrogens (primary N) is 1. The second-order valence-electron chi connectivity index (χ2n) is 13.2. The Morgan fingerprint density at radius 1 is 1.11 bits per heavy atom. The molecule has 1 saturated heterocycles. The Balaban J connectivity index is 1.30. The first-order chi connectivity index (χ1) is 22.6. The summed E-state index contributed by atoms with van der Waals surface area (Å²) >= 11 is 0. The molecule has 5 atom stereocenters. The zero-order valence-corrected chi connectivity index (χ0v) is 26.9. The van der Waals surface area contributed by atoms with Crippen LogP contribution in [0.3, 0.4) is 0 Å². The molecule has 2 aliphatic heterocycles. The Hall–Kier alpha value is -4.10. The van der Waals surface area contributed by atoms with Crippen molar-refractivity contribution in [3.8, 4) is 17.3 Å². The predicted octanol–water partition coefficient (Wildman–Crippen LogP) is 4.77. The van der Waals surface area contributed by atoms with Gasteiger partial charge in [0.05, 0.1) is 29.1 Å². The summed E-state index contributed by atoms with van der Waals surface area (Å²) in [5.41, 5.74) is 9.46. The third kappa shape index (κ3) is 5.95. The van der Waals surface area contributed by atoms with Crippen molar-refractivity contribution in [1.29, 1.82) is 0 Å². The first kappa shape index (κ1) is 31.5. The first-order valence-electron chi connectivity index (χ1n) is 16.5. The van der Waals surface area contributed by atoms with Gasteiger partial charge < -0.3 is 34.6 Å². The van der Waals surface area contributed by atoms with Crippen LogP contribution < -0.4 is 15.8 Å². The number of benzene rings is 1. The zero-order chi connectivity index (χ0) is 33.0. The Morgan fingerprint density at radius 2 is 1.94 bits per heavy atom. The molecular weight excluding hydrogens is 608 g/mol. The second kappa shape index (κ2) is 12.5. The van der Waals surface area contributed by atoms with Gasteiger partial charge in [-0.2, -0.15) is 8.78 Å². The molecule has 1 aliphatic carbocycles. The van der Waals surface area contributed by atoms with Crippen LogP contribution in [0.4, 0.5) is 8.78 Å². The van der Waals surface area contributed by atoms with Crippen molar-refractivity contribution in [2.24, 2.45) is 24.6 Å². The summed E-state index contributed by atoms with van der Waals surface area (Å²) in [6.07, 6.45) is 5.37. The van der Waals surface area contributed by atoms with E-state index in [0.717, 1.165) is 54.5 Å². The molecule has 0 radical (unpaired) electrons. The minimum absolute atomic E-state index is 0.0965. The molecule has 11 nitrogen and oxygen atoms in total. The Kier molecular flexibility index (Phi) is 8.37. The van der Waals surface area contributed by atoms with E-state index in [1.807, 2.05) is 25.1 Å². The van der Waals surface area contributed by atoms with Gasteiger partial charge in [0.25, 0.3) is 5.91 Å². The summed E-state index contributed by atoms with van der Waals surface area (Å²) in [6.45, 7) is 0.260. The number of nitrogens with zero attached hydrogens (tertiary/aromatic N) is 5. The van der Waals surface area contributed by atoms with Crippen molar-refractivity contribution in [3.05, 3.63) is 41.6 Å². The number of aromatic nitrogens is 4. The third-order valence-electron chi connectivity index (χ3n) is 10.1. The highest BCUT2D eigenvalue weighted by Crippen LogP contribution is 2.43. The van der Waals surface area contributed by atoms with E-state index in [1.165, 1.54) is 6.07 Å². The molecule has 1 saturated carbocycles. The topological polar surface area (TPSA) is 130 Å². The van der Waals surface area contributed by atoms with E-state index in [9.17, 15) is 18.4 Å². The number of nitrogens with one attached hydrogen (secondary N) is 1. The quantitative estimate of drug-likeness (QED) is 0.319. The Bertz CT molecular complexity index is 1840. The minimum Gasteiger partial charge on any atom is -0.432 e. The predicted molar refractivity (Wildman–Crippen MR) is 172 cm³/mol. The molecule has 2 amide bonds. The molecule has 4 aromatic rings. The van der Waals surface area contributed by atoms with Crippen LogP contribution in [-0.2, 0) is 23.1 Å². The smallest absolute Gasteiger partial charge is 0.387 e. The number of halogens is 2. The number of likely N-dealkylation sites (tertiary alicyclic amines) is 1. The number of ether oxygens (including phenoxy) is 2. The lowest BCUT2D eigenvalue weighted by molar-refractivity contribution is -0.123. The van der Waals surface area contributed by atoms with Gasteiger partial charge in [0.1, 0.15) is 11.2 Å². The molecular formula is C34H41F2N7O4. The fourth-order valence-electron chi connectivity index (χ4n) is 7.40. The van der Waals surface area contributed by atoms with Crippen LogP contribution >= 0.6 is 0 Å². The zero-order valence-electron chi connectivity index (χ0n) is 26.9. The van der Waals surface area contributed by atoms with Gasteiger partial charge in [0.2, 0.25) is 5.91 Å². The summed E-state index contributed by atoms with van der Waals surface area (Å²) in [4.78, 5) is 38.0. The highest BCUT2D eigenvalue weighted by molar-refractivity contribution is 6.00. The number of carbonyl (C=O) groups excluding carboxylic acids is 2. The molecule has 0 spiro atoms. The van der Waals surface area contributed by atoms with E-state index in [2.05, 4.69) is 9.88 Å². The first-order valence-corrected chi connectivity index (χ1v) is 16.5. The van der Waals surface area contributed by atoms with E-state index >= 15 is 0 Å². The molecule has 7 rings (SSSR count). The SMILES string of the molecule is CO[C@@H]1CCN(C(=O)c2cc(OC(F)F)c3c(c2)nc(-c2cc4ccc5nc4n2CCCCC[C@@H]2C[C@H]2C(=O)N[C@@H]5C)n3C)C[C@@H]1N. The van der Waals surface area contributed by atoms with Crippen LogP contribution in [0.1, 0.15) is 67.5 Å². The summed E-state index contributed by atoms with van der Waals surface area (Å²) in [6, 6.07) is 8.32. The van der Waals surface area contributed by atoms with Crippen molar-refractivity contribution in [2.45, 2.75) is 76.8 Å². The molecule has 3 aliphatic rings. The van der Waals surface area contributed by atoms with Crippen molar-refractivity contribution in [1.82, 2.24) is 29.3 Å². The number of amides is 2. The molecule has 3 N–H and O–H groups in total. The minimum atomic E-state index is -3.10. The summed E-state index contributed by atoms with van der Waals surface area (Å²) in [5.74, 6) is 0.731. The number of hydrogen-bond donors (Lipinski definition) is 2. The Morgan fingerprint density at radius 3 is 2.70 bits per heavy atom. The summed E-state index contributed by atoms with van der Waals surface area (Å²) < 4.78 is 41.8. The number of piperidine rings is 1. The third-order valence-corrected chi connectivity index (χ3v) is 10.1. The highest BCUT2D eigenvalue weighted by atomic mass is 19.3. The number of imidazole rings is 1. The van der Waals surface area contributed by atoms with Crippen molar-refractivity contribution in [2.75, 3.05) is 20.2 Å². The number of carbonyl (C=O) groups is 2. The van der Waals surface area contributed by atoms with Gasteiger partial charge in [-0.25, -0.2) is 9.97 Å². The number of alkyl halides is 2. The van der Waals surface area contributed by atoms with Crippen LogP contribution in [0, 0.1) is 11.8 Å². The van der Waals surface area contributed by atoms with Gasteiger partial charge in [0, 0.05) is 56.7 Å². The lowest BCUT2D eigenvalue weighted by Crippen LogP contribution is -2.53. The fraction of sp³-hybridized carbons (Fsp3) is 0.529. The monoisotopic (exact) mass is 649 g/mol. The molecule has 1 aromatic carbocycles. The highest BCUT2D eigenvalue weighted by Gasteiger charge is 2.42. The van der Waals surface area contributed by atoms with E-state index in [4.69, 9.17) is 25.2 Å². The van der Waals surface area contributed by atoms with Crippen LogP contribution in [0.15, 0.2) is 30.3 Å². The van der Waals surface area contributed by atoms with Crippen LogP contribution in [0.5, 0.6) is 5.75 Å². The normalized spacial score (nSPS) is 25.2. The molecule has 250 valence electrons. The van der Waals surface area contributed by atoms with Crippen LogP contribution in [0.25, 0.3) is 33.6 Å². The summed E-state index contributed by atoms with van der Waals surface area (Å²) in [7, 11) is 3.36. The number of fused-ring (bicyclic) bond motifs is 3. The van der Waals surface area contributed by atoms with Gasteiger partial charge in [-0.1, -0.05) is 12.8 Å². The van der Waals surface area contributed by atoms with Gasteiger partial charge in [0.15, 0.2) is 11.6 Å². The average molecular weight is 650 g/mol. The van der Waals surface area contributed by atoms with E-state index in [0.29, 0.717) is 42.3 Å². The fourth-order valence-corrected chi connectivity index (χ4v) is 7.40. The van der Waals surface area contributed by atoms with Crippen LogP contribution in [0.2, 0.25) is 0 Å². The van der Waals surface area contributed by atoms with Crippen molar-refractivity contribution < 1.29 is 27.8 Å². The van der Waals surface area contributed by atoms with Gasteiger partial charge in [-0.05, 0) is 68.9 Å². The molecule has 3 aromatic heterocycles. The number of methoxy groups -OCH3 is 1. The maximum absolute atomic E-state index is 13.7. The van der Waals surface area contributed by atoms with Gasteiger partial charge in [-0.3, -0.25) is 9.59 Å². The van der Waals surface area contributed by atoms with E-state index in [1.54, 1.807) is 29.7 Å². The lowest BCUT2D eigenvalue weighted by Gasteiger charge is -2.36. The van der Waals surface area contributed by atoms with E-state index in [-0.39, 0.29) is 53.8 Å². The lowest BCUT2D eigenvalue weighted by atomic mass is 10.0. The average Bonchev–Trinajstić information content (AvgIpc) is 3.63. The molecule has 0 unspecified atom stereocenters.